The molecule has 1 unspecified atom stereocenters. The highest BCUT2D eigenvalue weighted by Gasteiger charge is 2.52. The highest BCUT2D eigenvalue weighted by molar-refractivity contribution is 5.29. The van der Waals surface area contributed by atoms with Gasteiger partial charge in [-0.25, -0.2) is 0 Å². The second-order valence-corrected chi connectivity index (χ2v) is 7.88. The van der Waals surface area contributed by atoms with Crippen molar-refractivity contribution in [1.82, 2.24) is 0 Å². The Morgan fingerprint density at radius 1 is 0.778 bits per heavy atom. The van der Waals surface area contributed by atoms with Gasteiger partial charge in [0.1, 0.15) is 17.7 Å². The maximum atomic E-state index is 12.0. The molecule has 0 aliphatic carbocycles. The molecule has 1 aliphatic heterocycles. The molecule has 0 bridgehead atoms. The van der Waals surface area contributed by atoms with Crippen LogP contribution in [0.5, 0.6) is 0 Å². The van der Waals surface area contributed by atoms with Crippen LogP contribution in [-0.2, 0) is 5.60 Å². The molecule has 1 heterocycles. The molecular formula is C25H28NO+. The molecule has 2 heteroatoms. The molecule has 3 aromatic carbocycles. The molecule has 0 aromatic heterocycles. The third-order valence-corrected chi connectivity index (χ3v) is 6.44. The molecule has 3 aromatic rings. The molecule has 4 rings (SSSR count). The summed E-state index contributed by atoms with van der Waals surface area (Å²) in [4.78, 5) is 1.44. The molecule has 27 heavy (non-hydrogen) atoms. The molecule has 2 nitrogen and oxygen atoms in total. The summed E-state index contributed by atoms with van der Waals surface area (Å²) in [6, 6.07) is 32.0. The molecule has 5 atom stereocenters. The minimum absolute atomic E-state index is 0.0993. The number of piperidine rings is 1. The second kappa shape index (κ2) is 7.30. The van der Waals surface area contributed by atoms with Crippen molar-refractivity contribution in [2.45, 2.75) is 31.0 Å². The summed E-state index contributed by atoms with van der Waals surface area (Å²) in [5.41, 5.74) is 2.74. The van der Waals surface area contributed by atoms with Crippen molar-refractivity contribution in [2.24, 2.45) is 5.92 Å². The van der Waals surface area contributed by atoms with Gasteiger partial charge < -0.3 is 10.0 Å². The van der Waals surface area contributed by atoms with E-state index in [1.165, 1.54) is 16.0 Å². The number of nitrogens with one attached hydrogen (secondary N) is 1. The van der Waals surface area contributed by atoms with Crippen LogP contribution in [0.25, 0.3) is 0 Å². The van der Waals surface area contributed by atoms with E-state index in [1.54, 1.807) is 0 Å². The molecule has 1 aliphatic rings. The van der Waals surface area contributed by atoms with Crippen LogP contribution >= 0.6 is 0 Å². The quantitative estimate of drug-likeness (QED) is 0.729. The number of quaternary nitrogens is 1. The predicted octanol–water partition coefficient (Wildman–Crippen LogP) is 3.91. The number of benzene rings is 3. The van der Waals surface area contributed by atoms with Crippen LogP contribution in [0.2, 0.25) is 0 Å². The highest BCUT2D eigenvalue weighted by atomic mass is 16.3. The van der Waals surface area contributed by atoms with Gasteiger partial charge in [0.25, 0.3) is 0 Å². The molecule has 138 valence electrons. The van der Waals surface area contributed by atoms with E-state index in [-0.39, 0.29) is 18.0 Å². The fourth-order valence-electron chi connectivity index (χ4n) is 4.93. The molecule has 0 saturated carbocycles. The summed E-state index contributed by atoms with van der Waals surface area (Å²) in [7, 11) is 2.27. The van der Waals surface area contributed by atoms with Crippen LogP contribution in [0.4, 0.5) is 0 Å². The van der Waals surface area contributed by atoms with Gasteiger partial charge >= 0.3 is 0 Å². The van der Waals surface area contributed by atoms with E-state index >= 15 is 0 Å². The Balaban J connectivity index is 1.84. The lowest BCUT2D eigenvalue weighted by Gasteiger charge is -2.49. The predicted molar refractivity (Wildman–Crippen MR) is 109 cm³/mol. The molecule has 0 amide bonds. The Hall–Kier alpha value is -2.42. The molecule has 0 radical (unpaired) electrons. The van der Waals surface area contributed by atoms with Crippen molar-refractivity contribution in [3.63, 3.8) is 0 Å². The van der Waals surface area contributed by atoms with Gasteiger partial charge in [0.2, 0.25) is 0 Å². The summed E-state index contributed by atoms with van der Waals surface area (Å²) in [6.45, 7) is 2.20. The first-order valence-corrected chi connectivity index (χ1v) is 9.82. The average molecular weight is 359 g/mol. The largest absolute Gasteiger partial charge is 0.384 e. The first-order valence-electron chi connectivity index (χ1n) is 9.82. The minimum Gasteiger partial charge on any atom is -0.384 e. The highest BCUT2D eigenvalue weighted by Crippen LogP contribution is 2.45. The first kappa shape index (κ1) is 18.0. The van der Waals surface area contributed by atoms with Gasteiger partial charge in [-0.1, -0.05) is 97.9 Å². The fourth-order valence-corrected chi connectivity index (χ4v) is 4.93. The zero-order chi connectivity index (χ0) is 18.9. The Kier molecular flexibility index (Phi) is 4.86. The number of aliphatic hydroxyl groups is 1. The maximum Gasteiger partial charge on any atom is 0.119 e. The molecule has 1 saturated heterocycles. The fraction of sp³-hybridized carbons (Fsp3) is 0.280. The summed E-state index contributed by atoms with van der Waals surface area (Å²) in [5, 5.41) is 12.0. The Labute approximate surface area is 162 Å². The van der Waals surface area contributed by atoms with Crippen molar-refractivity contribution in [1.29, 1.82) is 0 Å². The zero-order valence-electron chi connectivity index (χ0n) is 16.0. The Bertz CT molecular complexity index is 865. The molecule has 1 fully saturated rings. The monoisotopic (exact) mass is 358 g/mol. The van der Waals surface area contributed by atoms with E-state index in [9.17, 15) is 5.11 Å². The molecule has 0 spiro atoms. The van der Waals surface area contributed by atoms with Crippen LogP contribution in [0.3, 0.4) is 0 Å². The van der Waals surface area contributed by atoms with Crippen LogP contribution in [0, 0.1) is 5.92 Å². The van der Waals surface area contributed by atoms with Gasteiger partial charge in [0.05, 0.1) is 7.05 Å². The SMILES string of the molecule is C[C@@H]1[C@@H](c2ccccc2)[NH+](C)[C@H](c2ccccc2)C[C@]1(O)c1ccccc1. The van der Waals surface area contributed by atoms with Crippen molar-refractivity contribution in [2.75, 3.05) is 7.05 Å². The van der Waals surface area contributed by atoms with E-state index in [1.807, 2.05) is 18.2 Å². The van der Waals surface area contributed by atoms with Crippen molar-refractivity contribution in [3.05, 3.63) is 108 Å². The van der Waals surface area contributed by atoms with Gasteiger partial charge in [-0.2, -0.15) is 0 Å². The molecular weight excluding hydrogens is 330 g/mol. The van der Waals surface area contributed by atoms with Gasteiger partial charge in [0, 0.05) is 23.5 Å². The number of likely N-dealkylation sites (tertiary alicyclic amines) is 1. The second-order valence-electron chi connectivity index (χ2n) is 7.88. The van der Waals surface area contributed by atoms with Gasteiger partial charge in [-0.3, -0.25) is 0 Å². The van der Waals surface area contributed by atoms with Gasteiger partial charge in [0.15, 0.2) is 0 Å². The number of hydrogen-bond acceptors (Lipinski definition) is 1. The lowest BCUT2D eigenvalue weighted by atomic mass is 9.68. The van der Waals surface area contributed by atoms with E-state index in [0.717, 1.165) is 12.0 Å². The van der Waals surface area contributed by atoms with Crippen LogP contribution < -0.4 is 4.90 Å². The lowest BCUT2D eigenvalue weighted by molar-refractivity contribution is -0.957. The van der Waals surface area contributed by atoms with E-state index < -0.39 is 5.60 Å². The van der Waals surface area contributed by atoms with Crippen LogP contribution in [-0.4, -0.2) is 12.2 Å². The molecule has 2 N–H and O–H groups in total. The first-order chi connectivity index (χ1) is 13.1. The standard InChI is InChI=1S/C25H27NO/c1-19-24(21-14-8-4-9-15-21)26(2)23(20-12-6-3-7-13-20)18-25(19,27)22-16-10-5-11-17-22/h3-17,19,23-24,27H,18H2,1-2H3/p+1/t19-,23+,24+,25-/m1/s1. The summed E-state index contributed by atoms with van der Waals surface area (Å²) in [5.74, 6) is 0.0993. The van der Waals surface area contributed by atoms with Crippen molar-refractivity contribution < 1.29 is 10.0 Å². The van der Waals surface area contributed by atoms with Crippen LogP contribution in [0.15, 0.2) is 91.0 Å². The average Bonchev–Trinajstić information content (AvgIpc) is 2.73. The number of hydrogen-bond donors (Lipinski definition) is 2. The lowest BCUT2D eigenvalue weighted by Crippen LogP contribution is -3.12. The van der Waals surface area contributed by atoms with Crippen molar-refractivity contribution >= 4 is 0 Å². The maximum absolute atomic E-state index is 12.0. The number of rotatable bonds is 3. The zero-order valence-corrected chi connectivity index (χ0v) is 16.0. The van der Waals surface area contributed by atoms with E-state index in [2.05, 4.69) is 86.8 Å². The summed E-state index contributed by atoms with van der Waals surface area (Å²) >= 11 is 0. The van der Waals surface area contributed by atoms with Crippen LogP contribution in [0.1, 0.15) is 42.1 Å². The normalized spacial score (nSPS) is 30.8. The summed E-state index contributed by atoms with van der Waals surface area (Å²) in [6.07, 6.45) is 0.720. The van der Waals surface area contributed by atoms with Crippen molar-refractivity contribution in [3.8, 4) is 0 Å². The van der Waals surface area contributed by atoms with E-state index in [0.29, 0.717) is 0 Å². The topological polar surface area (TPSA) is 24.7 Å². The summed E-state index contributed by atoms with van der Waals surface area (Å²) < 4.78 is 0. The van der Waals surface area contributed by atoms with E-state index in [4.69, 9.17) is 0 Å². The Morgan fingerprint density at radius 2 is 1.26 bits per heavy atom. The third-order valence-electron chi connectivity index (χ3n) is 6.44. The van der Waals surface area contributed by atoms with Gasteiger partial charge in [-0.15, -0.1) is 0 Å². The minimum atomic E-state index is -0.859. The third kappa shape index (κ3) is 3.20. The van der Waals surface area contributed by atoms with Gasteiger partial charge in [-0.05, 0) is 5.56 Å². The smallest absolute Gasteiger partial charge is 0.119 e. The Morgan fingerprint density at radius 3 is 1.81 bits per heavy atom.